The average Bonchev–Trinajstić information content (AvgIpc) is 2.66. The van der Waals surface area contributed by atoms with Crippen LogP contribution in [0, 0.1) is 6.92 Å². The number of unbranched alkanes of at least 4 members (excludes halogenated alkanes) is 5. The maximum Gasteiger partial charge on any atom is 0.373 e. The van der Waals surface area contributed by atoms with Crippen molar-refractivity contribution in [1.82, 2.24) is 0 Å². The number of amides is 1. The van der Waals surface area contributed by atoms with E-state index >= 15 is 0 Å². The zero-order chi connectivity index (χ0) is 21.3. The van der Waals surface area contributed by atoms with Gasteiger partial charge in [-0.2, -0.15) is 0 Å². The van der Waals surface area contributed by atoms with Gasteiger partial charge in [0, 0.05) is 24.0 Å². The summed E-state index contributed by atoms with van der Waals surface area (Å²) in [4.78, 5) is 21.9. The van der Waals surface area contributed by atoms with Crippen LogP contribution in [-0.4, -0.2) is 17.5 Å². The van der Waals surface area contributed by atoms with E-state index in [1.165, 1.54) is 44.1 Å². The fraction of sp³-hybridized carbons (Fsp3) is 0.435. The summed E-state index contributed by atoms with van der Waals surface area (Å²) in [6, 6.07) is 12.7. The maximum absolute atomic E-state index is 12.5. The molecule has 29 heavy (non-hydrogen) atoms. The van der Waals surface area contributed by atoms with Crippen molar-refractivity contribution in [3.8, 4) is 5.75 Å². The molecule has 1 atom stereocenters. The van der Waals surface area contributed by atoms with Crippen LogP contribution in [0.5, 0.6) is 5.75 Å². The molecule has 0 spiro atoms. The number of hydrogen-bond acceptors (Lipinski definition) is 3. The highest BCUT2D eigenvalue weighted by Crippen LogP contribution is 2.40. The van der Waals surface area contributed by atoms with E-state index in [-0.39, 0.29) is 11.7 Å². The molecule has 0 aliphatic heterocycles. The Labute approximate surface area is 174 Å². The predicted octanol–water partition coefficient (Wildman–Crippen LogP) is 6.34. The maximum atomic E-state index is 12.5. The van der Waals surface area contributed by atoms with Crippen LogP contribution in [-0.2, 0) is 11.0 Å². The Balaban J connectivity index is 1.91. The highest BCUT2D eigenvalue weighted by Gasteiger charge is 2.15. The van der Waals surface area contributed by atoms with Crippen molar-refractivity contribution >= 4 is 19.2 Å². The number of benzene rings is 2. The molecule has 0 aliphatic carbocycles. The summed E-state index contributed by atoms with van der Waals surface area (Å²) in [6.07, 6.45) is 8.64. The second-order valence-corrected chi connectivity index (χ2v) is 9.33. The molecule has 0 bridgehead atoms. The SMILES string of the molecule is CCCCCCCCc1ccc(C(=O)Nc2ccc(C)c(OP(C)(=O)O)c2)cc1. The van der Waals surface area contributed by atoms with Gasteiger partial charge in [0.15, 0.2) is 0 Å². The van der Waals surface area contributed by atoms with Gasteiger partial charge in [-0.15, -0.1) is 0 Å². The van der Waals surface area contributed by atoms with E-state index in [4.69, 9.17) is 4.52 Å². The van der Waals surface area contributed by atoms with E-state index in [2.05, 4.69) is 12.2 Å². The van der Waals surface area contributed by atoms with E-state index in [0.29, 0.717) is 11.3 Å². The Kier molecular flexibility index (Phi) is 8.94. The molecule has 0 radical (unpaired) electrons. The highest BCUT2D eigenvalue weighted by atomic mass is 31.2. The van der Waals surface area contributed by atoms with Crippen LogP contribution in [0.2, 0.25) is 0 Å². The standard InChI is InChI=1S/C23H32NO4P/c1-4-5-6-7-8-9-10-19-12-14-20(15-13-19)23(25)24-21-16-11-18(2)22(17-21)28-29(3,26)27/h11-17H,4-10H2,1-3H3,(H,24,25)(H,26,27). The molecule has 2 aromatic carbocycles. The van der Waals surface area contributed by atoms with Gasteiger partial charge in [0.2, 0.25) is 0 Å². The van der Waals surface area contributed by atoms with Gasteiger partial charge < -0.3 is 14.7 Å². The van der Waals surface area contributed by atoms with Crippen molar-refractivity contribution in [2.45, 2.75) is 58.8 Å². The first-order valence-corrected chi connectivity index (χ1v) is 12.3. The normalized spacial score (nSPS) is 13.0. The zero-order valence-corrected chi connectivity index (χ0v) is 18.5. The number of nitrogens with one attached hydrogen (secondary N) is 1. The van der Waals surface area contributed by atoms with Gasteiger partial charge in [0.05, 0.1) is 0 Å². The van der Waals surface area contributed by atoms with Gasteiger partial charge in [-0.25, -0.2) is 4.57 Å². The monoisotopic (exact) mass is 417 g/mol. The lowest BCUT2D eigenvalue weighted by Crippen LogP contribution is -2.12. The quantitative estimate of drug-likeness (QED) is 0.330. The van der Waals surface area contributed by atoms with Crippen LogP contribution in [0.3, 0.4) is 0 Å². The molecule has 0 aliphatic rings. The van der Waals surface area contributed by atoms with Crippen LogP contribution in [0.15, 0.2) is 42.5 Å². The molecule has 0 saturated carbocycles. The molecule has 1 amide bonds. The number of rotatable bonds is 11. The molecule has 0 aromatic heterocycles. The van der Waals surface area contributed by atoms with E-state index in [1.807, 2.05) is 24.3 Å². The molecule has 158 valence electrons. The smallest absolute Gasteiger partial charge is 0.373 e. The summed E-state index contributed by atoms with van der Waals surface area (Å²) >= 11 is 0. The van der Waals surface area contributed by atoms with Gasteiger partial charge in [0.1, 0.15) is 5.75 Å². The topological polar surface area (TPSA) is 75.6 Å². The first-order chi connectivity index (χ1) is 13.8. The van der Waals surface area contributed by atoms with Crippen molar-refractivity contribution in [3.05, 3.63) is 59.2 Å². The zero-order valence-electron chi connectivity index (χ0n) is 17.6. The van der Waals surface area contributed by atoms with Crippen molar-refractivity contribution < 1.29 is 18.8 Å². The lowest BCUT2D eigenvalue weighted by atomic mass is 10.0. The number of aryl methyl sites for hydroxylation is 2. The van der Waals surface area contributed by atoms with Crippen LogP contribution in [0.25, 0.3) is 0 Å². The first kappa shape index (κ1) is 23.2. The summed E-state index contributed by atoms with van der Waals surface area (Å²) in [5.74, 6) is 0.0556. The van der Waals surface area contributed by atoms with Gasteiger partial charge in [-0.3, -0.25) is 4.79 Å². The molecule has 0 heterocycles. The molecule has 1 unspecified atom stereocenters. The first-order valence-electron chi connectivity index (χ1n) is 10.3. The molecular formula is C23H32NO4P. The number of carbonyl (C=O) groups excluding carboxylic acids is 1. The fourth-order valence-corrected chi connectivity index (χ4v) is 3.66. The van der Waals surface area contributed by atoms with Crippen molar-refractivity contribution in [2.24, 2.45) is 0 Å². The van der Waals surface area contributed by atoms with Crippen molar-refractivity contribution in [1.29, 1.82) is 0 Å². The minimum Gasteiger partial charge on any atom is -0.424 e. The summed E-state index contributed by atoms with van der Waals surface area (Å²) in [5, 5.41) is 2.81. The molecule has 2 rings (SSSR count). The summed E-state index contributed by atoms with van der Waals surface area (Å²) < 4.78 is 16.6. The Morgan fingerprint density at radius 1 is 1.03 bits per heavy atom. The van der Waals surface area contributed by atoms with Gasteiger partial charge in [-0.05, 0) is 49.1 Å². The van der Waals surface area contributed by atoms with E-state index in [1.54, 1.807) is 25.1 Å². The van der Waals surface area contributed by atoms with E-state index in [0.717, 1.165) is 18.6 Å². The largest absolute Gasteiger partial charge is 0.424 e. The molecule has 6 heteroatoms. The molecule has 2 N–H and O–H groups in total. The van der Waals surface area contributed by atoms with Gasteiger partial charge >= 0.3 is 7.60 Å². The van der Waals surface area contributed by atoms with Gasteiger partial charge in [-0.1, -0.05) is 57.2 Å². The molecule has 5 nitrogen and oxygen atoms in total. The fourth-order valence-electron chi connectivity index (χ4n) is 3.09. The minimum atomic E-state index is -3.66. The van der Waals surface area contributed by atoms with Crippen LogP contribution in [0.4, 0.5) is 5.69 Å². The summed E-state index contributed by atoms with van der Waals surface area (Å²) in [6.45, 7) is 5.13. The number of hydrogen-bond donors (Lipinski definition) is 2. The molecule has 0 fully saturated rings. The Bertz CT molecular complexity index is 842. The molecule has 0 saturated heterocycles. The molecular weight excluding hydrogens is 385 g/mol. The predicted molar refractivity (Wildman–Crippen MR) is 119 cm³/mol. The summed E-state index contributed by atoms with van der Waals surface area (Å²) in [7, 11) is -3.66. The van der Waals surface area contributed by atoms with E-state index in [9.17, 15) is 14.3 Å². The molecule has 2 aromatic rings. The second kappa shape index (κ2) is 11.2. The summed E-state index contributed by atoms with van der Waals surface area (Å²) in [5.41, 5.74) is 3.05. The number of anilines is 1. The Morgan fingerprint density at radius 2 is 1.69 bits per heavy atom. The Morgan fingerprint density at radius 3 is 2.34 bits per heavy atom. The highest BCUT2D eigenvalue weighted by molar-refractivity contribution is 7.52. The minimum absolute atomic E-state index is 0.227. The van der Waals surface area contributed by atoms with Crippen molar-refractivity contribution in [3.63, 3.8) is 0 Å². The van der Waals surface area contributed by atoms with Gasteiger partial charge in [0.25, 0.3) is 5.91 Å². The van der Waals surface area contributed by atoms with Crippen molar-refractivity contribution in [2.75, 3.05) is 12.0 Å². The third-order valence-electron chi connectivity index (χ3n) is 4.75. The van der Waals surface area contributed by atoms with Crippen LogP contribution < -0.4 is 9.84 Å². The third kappa shape index (κ3) is 8.43. The lowest BCUT2D eigenvalue weighted by molar-refractivity contribution is 0.102. The van der Waals surface area contributed by atoms with Crippen LogP contribution >= 0.6 is 7.60 Å². The van der Waals surface area contributed by atoms with E-state index < -0.39 is 7.60 Å². The third-order valence-corrected chi connectivity index (χ3v) is 5.28. The Hall–Kier alpha value is -2.10. The average molecular weight is 417 g/mol. The van der Waals surface area contributed by atoms with Crippen LogP contribution in [0.1, 0.15) is 66.9 Å². The number of carbonyl (C=O) groups is 1. The lowest BCUT2D eigenvalue weighted by Gasteiger charge is -2.13. The second-order valence-electron chi connectivity index (χ2n) is 7.54.